The molecule has 2 atom stereocenters. The minimum Gasteiger partial charge on any atom is -0.322 e. The van der Waals surface area contributed by atoms with E-state index in [1.54, 1.807) is 12.1 Å². The minimum atomic E-state index is -1.05. The number of halogens is 2. The summed E-state index contributed by atoms with van der Waals surface area (Å²) in [6.45, 7) is 3.36. The van der Waals surface area contributed by atoms with Crippen molar-refractivity contribution < 1.29 is 23.2 Å². The molecule has 0 aromatic heterocycles. The van der Waals surface area contributed by atoms with Crippen LogP contribution in [0.25, 0.3) is 0 Å². The molecule has 0 spiro atoms. The van der Waals surface area contributed by atoms with E-state index in [0.29, 0.717) is 11.8 Å². The average molecular weight is 413 g/mol. The lowest BCUT2D eigenvalue weighted by Crippen LogP contribution is -2.43. The van der Waals surface area contributed by atoms with Crippen LogP contribution >= 0.6 is 0 Å². The summed E-state index contributed by atoms with van der Waals surface area (Å²) >= 11 is 0. The third-order valence-electron chi connectivity index (χ3n) is 5.12. The zero-order valence-corrected chi connectivity index (χ0v) is 16.1. The maximum atomic E-state index is 13.7. The summed E-state index contributed by atoms with van der Waals surface area (Å²) in [5, 5.41) is 11.0. The molecule has 1 N–H and O–H groups in total. The first-order chi connectivity index (χ1) is 14.3. The molecule has 2 heterocycles. The van der Waals surface area contributed by atoms with Gasteiger partial charge < -0.3 is 5.32 Å². The number of benzene rings is 2. The SMILES string of the molecule is Cc1ccc(N2C(=O)[C@@H]3[C@@H](N=NN3CC(=O)Nc3ccc(F)cc3F)C2=O)cc1C. The van der Waals surface area contributed by atoms with E-state index in [4.69, 9.17) is 0 Å². The van der Waals surface area contributed by atoms with E-state index < -0.39 is 48.0 Å². The number of carbonyl (C=O) groups is 3. The van der Waals surface area contributed by atoms with Gasteiger partial charge in [0.1, 0.15) is 18.2 Å². The van der Waals surface area contributed by atoms with Gasteiger partial charge in [0.05, 0.1) is 11.4 Å². The summed E-state index contributed by atoms with van der Waals surface area (Å²) in [5.41, 5.74) is 2.16. The molecule has 0 aliphatic carbocycles. The number of hydrogen-bond donors (Lipinski definition) is 1. The van der Waals surface area contributed by atoms with Crippen molar-refractivity contribution in [3.63, 3.8) is 0 Å². The molecule has 3 amide bonds. The largest absolute Gasteiger partial charge is 0.322 e. The Bertz CT molecular complexity index is 1100. The summed E-state index contributed by atoms with van der Waals surface area (Å²) in [6, 6.07) is 5.85. The second-order valence-electron chi connectivity index (χ2n) is 7.14. The topological polar surface area (TPSA) is 94.4 Å². The Morgan fingerprint density at radius 2 is 1.83 bits per heavy atom. The Morgan fingerprint density at radius 3 is 2.53 bits per heavy atom. The number of carbonyl (C=O) groups excluding carboxylic acids is 3. The predicted octanol–water partition coefficient (Wildman–Crippen LogP) is 2.51. The highest BCUT2D eigenvalue weighted by Gasteiger charge is 2.55. The highest BCUT2D eigenvalue weighted by molar-refractivity contribution is 6.25. The van der Waals surface area contributed by atoms with Gasteiger partial charge in [-0.15, -0.1) is 0 Å². The lowest BCUT2D eigenvalue weighted by atomic mass is 10.1. The van der Waals surface area contributed by atoms with Crippen LogP contribution in [0.2, 0.25) is 0 Å². The third kappa shape index (κ3) is 3.30. The van der Waals surface area contributed by atoms with Crippen LogP contribution in [0, 0.1) is 25.5 Å². The molecular formula is C20H17F2N5O3. The molecule has 2 aromatic carbocycles. The zero-order valence-electron chi connectivity index (χ0n) is 16.1. The quantitative estimate of drug-likeness (QED) is 0.780. The average Bonchev–Trinajstić information content (AvgIpc) is 3.20. The van der Waals surface area contributed by atoms with Crippen LogP contribution in [-0.2, 0) is 14.4 Å². The van der Waals surface area contributed by atoms with Crippen molar-refractivity contribution in [1.29, 1.82) is 0 Å². The van der Waals surface area contributed by atoms with Gasteiger partial charge in [0.15, 0.2) is 12.1 Å². The van der Waals surface area contributed by atoms with Crippen molar-refractivity contribution in [2.24, 2.45) is 10.3 Å². The smallest absolute Gasteiger partial charge is 0.263 e. The van der Waals surface area contributed by atoms with E-state index in [9.17, 15) is 23.2 Å². The summed E-state index contributed by atoms with van der Waals surface area (Å²) < 4.78 is 26.7. The van der Waals surface area contributed by atoms with Gasteiger partial charge >= 0.3 is 0 Å². The Hall–Kier alpha value is -3.69. The van der Waals surface area contributed by atoms with Crippen LogP contribution in [0.15, 0.2) is 46.7 Å². The number of rotatable bonds is 4. The lowest BCUT2D eigenvalue weighted by molar-refractivity contribution is -0.123. The van der Waals surface area contributed by atoms with Gasteiger partial charge in [0.25, 0.3) is 11.8 Å². The van der Waals surface area contributed by atoms with Crippen LogP contribution in [-0.4, -0.2) is 41.4 Å². The number of nitrogens with one attached hydrogen (secondary N) is 1. The highest BCUT2D eigenvalue weighted by atomic mass is 19.1. The van der Waals surface area contributed by atoms with Gasteiger partial charge in [-0.3, -0.25) is 19.4 Å². The van der Waals surface area contributed by atoms with E-state index in [1.165, 1.54) is 0 Å². The second kappa shape index (κ2) is 7.29. The maximum absolute atomic E-state index is 13.7. The Kier molecular flexibility index (Phi) is 4.76. The number of imide groups is 1. The molecule has 8 nitrogen and oxygen atoms in total. The molecule has 0 radical (unpaired) electrons. The van der Waals surface area contributed by atoms with Crippen molar-refractivity contribution in [3.8, 4) is 0 Å². The molecular weight excluding hydrogens is 396 g/mol. The first-order valence-corrected chi connectivity index (χ1v) is 9.13. The van der Waals surface area contributed by atoms with Gasteiger partial charge in [-0.25, -0.2) is 13.7 Å². The molecule has 0 saturated carbocycles. The second-order valence-corrected chi connectivity index (χ2v) is 7.14. The lowest BCUT2D eigenvalue weighted by Gasteiger charge is -2.20. The van der Waals surface area contributed by atoms with E-state index in [-0.39, 0.29) is 5.69 Å². The fourth-order valence-electron chi connectivity index (χ4n) is 3.40. The number of fused-ring (bicyclic) bond motifs is 1. The van der Waals surface area contributed by atoms with E-state index in [0.717, 1.165) is 33.2 Å². The van der Waals surface area contributed by atoms with Crippen molar-refractivity contribution in [2.45, 2.75) is 25.9 Å². The van der Waals surface area contributed by atoms with Crippen LogP contribution < -0.4 is 10.2 Å². The monoisotopic (exact) mass is 413 g/mol. The molecule has 2 aliphatic rings. The third-order valence-corrected chi connectivity index (χ3v) is 5.12. The predicted molar refractivity (Wildman–Crippen MR) is 103 cm³/mol. The molecule has 0 bridgehead atoms. The van der Waals surface area contributed by atoms with Crippen molar-refractivity contribution in [2.75, 3.05) is 16.8 Å². The van der Waals surface area contributed by atoms with E-state index in [2.05, 4.69) is 15.7 Å². The standard InChI is InChI=1S/C20H17F2N5O3/c1-10-3-5-13(7-11(10)2)27-19(29)17-18(20(27)30)26(25-24-17)9-16(28)23-15-6-4-12(21)8-14(15)22/h3-8,17-18H,9H2,1-2H3,(H,23,28)/t17-,18+/m1/s1. The molecule has 2 aromatic rings. The summed E-state index contributed by atoms with van der Waals surface area (Å²) in [5.74, 6) is -3.46. The maximum Gasteiger partial charge on any atom is 0.263 e. The molecule has 10 heteroatoms. The first-order valence-electron chi connectivity index (χ1n) is 9.13. The molecule has 4 rings (SSSR count). The molecule has 0 unspecified atom stereocenters. The molecule has 30 heavy (non-hydrogen) atoms. The minimum absolute atomic E-state index is 0.209. The highest BCUT2D eigenvalue weighted by Crippen LogP contribution is 2.32. The summed E-state index contributed by atoms with van der Waals surface area (Å²) in [6.07, 6.45) is 0. The fourth-order valence-corrected chi connectivity index (χ4v) is 3.40. The molecule has 154 valence electrons. The number of aryl methyl sites for hydroxylation is 2. The molecule has 2 aliphatic heterocycles. The summed E-state index contributed by atoms with van der Waals surface area (Å²) in [7, 11) is 0. The van der Waals surface area contributed by atoms with E-state index in [1.807, 2.05) is 19.9 Å². The van der Waals surface area contributed by atoms with Gasteiger partial charge in [0, 0.05) is 6.07 Å². The first kappa shape index (κ1) is 19.6. The van der Waals surface area contributed by atoms with Crippen LogP contribution in [0.4, 0.5) is 20.2 Å². The Labute approximate surface area is 170 Å². The Morgan fingerprint density at radius 1 is 1.07 bits per heavy atom. The van der Waals surface area contributed by atoms with Crippen LogP contribution in [0.3, 0.4) is 0 Å². The van der Waals surface area contributed by atoms with Crippen LogP contribution in [0.5, 0.6) is 0 Å². The van der Waals surface area contributed by atoms with Crippen molar-refractivity contribution in [1.82, 2.24) is 5.01 Å². The summed E-state index contributed by atoms with van der Waals surface area (Å²) in [4.78, 5) is 39.0. The fraction of sp³-hybridized carbons (Fsp3) is 0.250. The van der Waals surface area contributed by atoms with Gasteiger partial charge in [0.2, 0.25) is 5.91 Å². The van der Waals surface area contributed by atoms with Crippen LogP contribution in [0.1, 0.15) is 11.1 Å². The normalized spacial score (nSPS) is 20.1. The molecule has 1 saturated heterocycles. The van der Waals surface area contributed by atoms with E-state index >= 15 is 0 Å². The number of nitrogens with zero attached hydrogens (tertiary/aromatic N) is 4. The zero-order chi connectivity index (χ0) is 21.6. The number of anilines is 2. The Balaban J connectivity index is 1.50. The van der Waals surface area contributed by atoms with Gasteiger partial charge in [-0.1, -0.05) is 11.3 Å². The molecule has 1 fully saturated rings. The van der Waals surface area contributed by atoms with Crippen molar-refractivity contribution >= 4 is 29.1 Å². The number of hydrogen-bond acceptors (Lipinski definition) is 6. The van der Waals surface area contributed by atoms with Gasteiger partial charge in [-0.05, 0) is 49.2 Å². The number of amides is 3. The van der Waals surface area contributed by atoms with Crippen molar-refractivity contribution in [3.05, 3.63) is 59.2 Å². The van der Waals surface area contributed by atoms with Gasteiger partial charge in [-0.2, -0.15) is 5.11 Å².